The maximum absolute atomic E-state index is 13.1. The quantitative estimate of drug-likeness (QED) is 0.238. The van der Waals surface area contributed by atoms with Crippen LogP contribution in [0.25, 0.3) is 22.1 Å². The maximum Gasteiger partial charge on any atom is 0.264 e. The lowest BCUT2D eigenvalue weighted by Crippen LogP contribution is -2.14. The zero-order valence-electron chi connectivity index (χ0n) is 18.9. The van der Waals surface area contributed by atoms with Crippen LogP contribution in [0.4, 0.5) is 5.69 Å². The topological polar surface area (TPSA) is 140 Å². The number of sulfonamides is 1. The van der Waals surface area contributed by atoms with Crippen molar-refractivity contribution in [3.63, 3.8) is 0 Å². The Bertz CT molecular complexity index is 1670. The summed E-state index contributed by atoms with van der Waals surface area (Å²) in [5, 5.41) is 8.25. The molecule has 0 saturated carbocycles. The van der Waals surface area contributed by atoms with Crippen LogP contribution in [0.5, 0.6) is 0 Å². The molecule has 3 heterocycles. The van der Waals surface area contributed by atoms with Crippen molar-refractivity contribution < 1.29 is 8.42 Å². The number of para-hydroxylation sites is 1. The average molecular weight is 486 g/mol. The van der Waals surface area contributed by atoms with Gasteiger partial charge in [0.05, 0.1) is 22.9 Å². The van der Waals surface area contributed by atoms with E-state index in [0.29, 0.717) is 28.8 Å². The predicted molar refractivity (Wildman–Crippen MR) is 136 cm³/mol. The molecule has 0 fully saturated rings. The van der Waals surface area contributed by atoms with Crippen molar-refractivity contribution in [2.75, 3.05) is 4.72 Å². The molecule has 35 heavy (non-hydrogen) atoms. The third-order valence-corrected chi connectivity index (χ3v) is 7.28. The summed E-state index contributed by atoms with van der Waals surface area (Å²) in [5.74, 6) is 0.877. The van der Waals surface area contributed by atoms with Crippen LogP contribution in [0, 0.1) is 5.41 Å². The van der Waals surface area contributed by atoms with Gasteiger partial charge in [0.1, 0.15) is 16.6 Å². The number of anilines is 1. The van der Waals surface area contributed by atoms with Gasteiger partial charge < -0.3 is 10.3 Å². The highest BCUT2D eigenvalue weighted by atomic mass is 32.2. The van der Waals surface area contributed by atoms with Gasteiger partial charge in [0, 0.05) is 30.6 Å². The Morgan fingerprint density at radius 2 is 1.83 bits per heavy atom. The highest BCUT2D eigenvalue weighted by Crippen LogP contribution is 2.25. The van der Waals surface area contributed by atoms with Gasteiger partial charge in [0.2, 0.25) is 0 Å². The summed E-state index contributed by atoms with van der Waals surface area (Å²) in [7, 11) is -1.99. The summed E-state index contributed by atoms with van der Waals surface area (Å²) >= 11 is 0. The monoisotopic (exact) mass is 485 g/mol. The molecule has 0 amide bonds. The molecule has 5 aromatic rings. The number of aryl methyl sites for hydroxylation is 3. The number of aromatic nitrogens is 4. The van der Waals surface area contributed by atoms with Crippen molar-refractivity contribution in [2.24, 2.45) is 12.8 Å². The summed E-state index contributed by atoms with van der Waals surface area (Å²) in [6.45, 7) is 0. The second-order valence-corrected chi connectivity index (χ2v) is 9.85. The summed E-state index contributed by atoms with van der Waals surface area (Å²) in [6, 6.07) is 17.9. The molecule has 9 nitrogen and oxygen atoms in total. The van der Waals surface area contributed by atoms with E-state index in [2.05, 4.69) is 19.7 Å². The van der Waals surface area contributed by atoms with Gasteiger partial charge >= 0.3 is 0 Å². The zero-order chi connectivity index (χ0) is 24.6. The van der Waals surface area contributed by atoms with Gasteiger partial charge in [-0.1, -0.05) is 42.5 Å². The second-order valence-electron chi connectivity index (χ2n) is 8.20. The molecule has 5 rings (SSSR count). The third-order valence-electron chi connectivity index (χ3n) is 5.87. The number of nitrogens with one attached hydrogen (secondary N) is 2. The van der Waals surface area contributed by atoms with Crippen LogP contribution in [0.1, 0.15) is 17.0 Å². The Labute approximate surface area is 202 Å². The van der Waals surface area contributed by atoms with Crippen molar-refractivity contribution >= 4 is 43.6 Å². The molecule has 0 aliphatic rings. The molecule has 4 N–H and O–H groups in total. The summed E-state index contributed by atoms with van der Waals surface area (Å²) in [5.41, 5.74) is 9.34. The van der Waals surface area contributed by atoms with Crippen LogP contribution in [-0.2, 0) is 29.9 Å². The number of imidazole rings is 1. The fraction of sp³-hybridized carbons (Fsp3) is 0.120. The molecule has 176 valence electrons. The number of amidine groups is 1. The summed E-state index contributed by atoms with van der Waals surface area (Å²) < 4.78 is 30.8. The number of benzene rings is 2. The number of nitrogens with zero attached hydrogens (tertiary/aromatic N) is 4. The fourth-order valence-electron chi connectivity index (χ4n) is 4.00. The molecule has 0 aliphatic heterocycles. The second kappa shape index (κ2) is 8.80. The van der Waals surface area contributed by atoms with Crippen LogP contribution >= 0.6 is 0 Å². The highest BCUT2D eigenvalue weighted by molar-refractivity contribution is 7.93. The first-order valence-electron chi connectivity index (χ1n) is 10.9. The third kappa shape index (κ3) is 4.43. The van der Waals surface area contributed by atoms with Crippen LogP contribution in [0.3, 0.4) is 0 Å². The largest absolute Gasteiger partial charge is 0.384 e. The van der Waals surface area contributed by atoms with E-state index in [9.17, 15) is 8.42 Å². The molecule has 0 saturated heterocycles. The van der Waals surface area contributed by atoms with E-state index in [1.807, 2.05) is 48.0 Å². The van der Waals surface area contributed by atoms with Gasteiger partial charge in [-0.05, 0) is 30.2 Å². The molecular formula is C25H23N7O2S. The molecule has 0 aliphatic carbocycles. The van der Waals surface area contributed by atoms with Crippen LogP contribution < -0.4 is 10.5 Å². The molecule has 0 bridgehead atoms. The van der Waals surface area contributed by atoms with E-state index in [4.69, 9.17) is 11.1 Å². The van der Waals surface area contributed by atoms with Crippen molar-refractivity contribution in [1.29, 1.82) is 5.41 Å². The number of nitrogen functional groups attached to an aromatic ring is 1. The lowest BCUT2D eigenvalue weighted by Gasteiger charge is -2.10. The smallest absolute Gasteiger partial charge is 0.264 e. The normalized spacial score (nSPS) is 11.7. The van der Waals surface area contributed by atoms with Crippen molar-refractivity contribution in [2.45, 2.75) is 17.7 Å². The Kier molecular flexibility index (Phi) is 5.65. The van der Waals surface area contributed by atoms with E-state index in [1.54, 1.807) is 24.4 Å². The van der Waals surface area contributed by atoms with E-state index in [-0.39, 0.29) is 10.7 Å². The standard InChI is InChI=1S/C25H23N7O2S/c1-32-20-14-19(31-35(33,34)21-6-2-4-17-5-3-13-28-23(17)21)15-29-25(20)30-22(32)12-9-16-7-10-18(11-8-16)24(26)27/h2-8,10-11,13-15,31H,9,12H2,1H3,(H3,26,27). The minimum Gasteiger partial charge on any atom is -0.384 e. The SMILES string of the molecule is Cn1c(CCc2ccc(C(=N)N)cc2)nc2ncc(NS(=O)(=O)c3cccc4cccnc34)cc21. The Hall–Kier alpha value is -4.31. The number of fused-ring (bicyclic) bond motifs is 2. The van der Waals surface area contributed by atoms with Crippen LogP contribution in [0.2, 0.25) is 0 Å². The number of nitrogens with two attached hydrogens (primary N) is 1. The van der Waals surface area contributed by atoms with E-state index >= 15 is 0 Å². The predicted octanol–water partition coefficient (Wildman–Crippen LogP) is 3.39. The van der Waals surface area contributed by atoms with Crippen LogP contribution in [-0.4, -0.2) is 33.8 Å². The lowest BCUT2D eigenvalue weighted by molar-refractivity contribution is 0.602. The molecule has 0 spiro atoms. The Balaban J connectivity index is 1.39. The summed E-state index contributed by atoms with van der Waals surface area (Å²) in [6.07, 6.45) is 4.47. The molecular weight excluding hydrogens is 462 g/mol. The number of hydrogen-bond donors (Lipinski definition) is 3. The molecule has 0 radical (unpaired) electrons. The van der Waals surface area contributed by atoms with Gasteiger partial charge in [-0.3, -0.25) is 15.1 Å². The summed E-state index contributed by atoms with van der Waals surface area (Å²) in [4.78, 5) is 13.4. The minimum atomic E-state index is -3.88. The minimum absolute atomic E-state index is 0.0427. The molecule has 0 unspecified atom stereocenters. The number of rotatable bonds is 7. The van der Waals surface area contributed by atoms with Gasteiger partial charge in [-0.2, -0.15) is 0 Å². The van der Waals surface area contributed by atoms with Gasteiger partial charge in [-0.25, -0.2) is 18.4 Å². The fourth-order valence-corrected chi connectivity index (χ4v) is 5.22. The molecule has 0 atom stereocenters. The van der Waals surface area contributed by atoms with E-state index in [0.717, 1.165) is 28.7 Å². The molecule has 10 heteroatoms. The Morgan fingerprint density at radius 1 is 1.06 bits per heavy atom. The first-order chi connectivity index (χ1) is 16.8. The average Bonchev–Trinajstić information content (AvgIpc) is 3.17. The van der Waals surface area contributed by atoms with Gasteiger partial charge in [-0.15, -0.1) is 0 Å². The van der Waals surface area contributed by atoms with Crippen molar-refractivity contribution in [3.8, 4) is 0 Å². The number of hydrogen-bond acceptors (Lipinski definition) is 6. The van der Waals surface area contributed by atoms with Gasteiger partial charge in [0.15, 0.2) is 5.65 Å². The van der Waals surface area contributed by atoms with Crippen molar-refractivity contribution in [1.82, 2.24) is 19.5 Å². The maximum atomic E-state index is 13.1. The van der Waals surface area contributed by atoms with E-state index in [1.165, 1.54) is 12.3 Å². The molecule has 2 aromatic carbocycles. The van der Waals surface area contributed by atoms with Crippen molar-refractivity contribution in [3.05, 3.63) is 90.0 Å². The van der Waals surface area contributed by atoms with E-state index < -0.39 is 10.0 Å². The zero-order valence-corrected chi connectivity index (χ0v) is 19.7. The first-order valence-corrected chi connectivity index (χ1v) is 12.4. The van der Waals surface area contributed by atoms with Gasteiger partial charge in [0.25, 0.3) is 10.0 Å². The molecule has 3 aromatic heterocycles. The lowest BCUT2D eigenvalue weighted by atomic mass is 10.1. The highest BCUT2D eigenvalue weighted by Gasteiger charge is 2.19. The Morgan fingerprint density at radius 3 is 2.60 bits per heavy atom. The number of pyridine rings is 2. The first kappa shape index (κ1) is 22.5. The van der Waals surface area contributed by atoms with Crippen LogP contribution in [0.15, 0.2) is 78.0 Å².